The van der Waals surface area contributed by atoms with Gasteiger partial charge in [0, 0.05) is 0 Å². The van der Waals surface area contributed by atoms with Gasteiger partial charge in [-0.05, 0) is 31.5 Å². The minimum Gasteiger partial charge on any atom is -0.459 e. The molecule has 0 saturated carbocycles. The lowest BCUT2D eigenvalue weighted by atomic mass is 10.1. The van der Waals surface area contributed by atoms with Gasteiger partial charge in [-0.25, -0.2) is 4.79 Å². The summed E-state index contributed by atoms with van der Waals surface area (Å²) in [6, 6.07) is 7.08. The minimum absolute atomic E-state index is 0.200. The molecule has 19 heavy (non-hydrogen) atoms. The van der Waals surface area contributed by atoms with Crippen LogP contribution in [0.3, 0.4) is 0 Å². The van der Waals surface area contributed by atoms with Crippen LogP contribution in [-0.2, 0) is 14.2 Å². The van der Waals surface area contributed by atoms with E-state index in [1.807, 2.05) is 26.0 Å². The Morgan fingerprint density at radius 1 is 1.47 bits per heavy atom. The maximum absolute atomic E-state index is 11.8. The van der Waals surface area contributed by atoms with Crippen molar-refractivity contribution in [1.29, 1.82) is 0 Å². The summed E-state index contributed by atoms with van der Waals surface area (Å²) in [5, 5.41) is 0. The Balaban J connectivity index is 1.85. The van der Waals surface area contributed by atoms with E-state index in [9.17, 15) is 4.79 Å². The lowest BCUT2D eigenvalue weighted by Crippen LogP contribution is -2.25. The third-order valence-corrected chi connectivity index (χ3v) is 2.85. The lowest BCUT2D eigenvalue weighted by molar-refractivity contribution is -0.142. The third-order valence-electron chi connectivity index (χ3n) is 2.85. The summed E-state index contributed by atoms with van der Waals surface area (Å²) in [7, 11) is 0. The average molecular weight is 262 g/mol. The van der Waals surface area contributed by atoms with Crippen LogP contribution in [-0.4, -0.2) is 31.1 Å². The van der Waals surface area contributed by atoms with Crippen LogP contribution in [0.15, 0.2) is 30.8 Å². The van der Waals surface area contributed by atoms with Crippen molar-refractivity contribution in [1.82, 2.24) is 0 Å². The monoisotopic (exact) mass is 262 g/mol. The van der Waals surface area contributed by atoms with Crippen molar-refractivity contribution in [2.24, 2.45) is 0 Å². The predicted molar refractivity (Wildman–Crippen MR) is 71.7 cm³/mol. The molecule has 1 aliphatic heterocycles. The van der Waals surface area contributed by atoms with Crippen molar-refractivity contribution >= 4 is 12.0 Å². The normalized spacial score (nSPS) is 21.1. The molecule has 1 unspecified atom stereocenters. The molecule has 1 aromatic rings. The van der Waals surface area contributed by atoms with Gasteiger partial charge in [0.2, 0.25) is 0 Å². The predicted octanol–water partition coefficient (Wildman–Crippen LogP) is 2.64. The third kappa shape index (κ3) is 3.66. The summed E-state index contributed by atoms with van der Waals surface area (Å²) in [6.45, 7) is 7.97. The van der Waals surface area contributed by atoms with Crippen LogP contribution in [0.5, 0.6) is 0 Å². The number of hydrogen-bond acceptors (Lipinski definition) is 4. The molecule has 1 fully saturated rings. The van der Waals surface area contributed by atoms with Gasteiger partial charge in [-0.2, -0.15) is 0 Å². The van der Waals surface area contributed by atoms with Crippen molar-refractivity contribution in [3.8, 4) is 0 Å². The molecule has 4 heteroatoms. The molecule has 4 nitrogen and oxygen atoms in total. The number of carbonyl (C=O) groups is 1. The van der Waals surface area contributed by atoms with E-state index in [0.717, 1.165) is 5.56 Å². The number of esters is 1. The molecule has 0 bridgehead atoms. The quantitative estimate of drug-likeness (QED) is 0.782. The number of benzene rings is 1. The summed E-state index contributed by atoms with van der Waals surface area (Å²) in [6.07, 6.45) is 1.52. The van der Waals surface area contributed by atoms with E-state index in [4.69, 9.17) is 14.2 Å². The molecule has 1 saturated heterocycles. The molecule has 0 N–H and O–H groups in total. The van der Waals surface area contributed by atoms with Gasteiger partial charge in [0.1, 0.15) is 12.7 Å². The number of hydrogen-bond donors (Lipinski definition) is 0. The SMILES string of the molecule is C=Cc1ccc(C(=O)OCC2COC(C)(C)O2)cc1. The Morgan fingerprint density at radius 2 is 2.16 bits per heavy atom. The standard InChI is InChI=1S/C15H18O4/c1-4-11-5-7-12(8-6-11)14(16)17-9-13-10-18-15(2,3)19-13/h4-8,13H,1,9-10H2,2-3H3. The molecule has 1 aliphatic rings. The van der Waals surface area contributed by atoms with Crippen molar-refractivity contribution in [2.75, 3.05) is 13.2 Å². The van der Waals surface area contributed by atoms with E-state index in [2.05, 4.69) is 6.58 Å². The second-order valence-corrected chi connectivity index (χ2v) is 4.88. The molecule has 0 radical (unpaired) electrons. The summed E-state index contributed by atoms with van der Waals surface area (Å²) in [5.74, 6) is -0.952. The molecule has 0 aliphatic carbocycles. The van der Waals surface area contributed by atoms with Gasteiger partial charge in [0.25, 0.3) is 0 Å². The lowest BCUT2D eigenvalue weighted by Gasteiger charge is -2.17. The van der Waals surface area contributed by atoms with E-state index in [0.29, 0.717) is 12.2 Å². The highest BCUT2D eigenvalue weighted by Crippen LogP contribution is 2.22. The van der Waals surface area contributed by atoms with Gasteiger partial charge in [0.05, 0.1) is 12.2 Å². The van der Waals surface area contributed by atoms with E-state index < -0.39 is 5.79 Å². The number of ether oxygens (including phenoxy) is 3. The van der Waals surface area contributed by atoms with Gasteiger partial charge < -0.3 is 14.2 Å². The van der Waals surface area contributed by atoms with Crippen LogP contribution in [0.2, 0.25) is 0 Å². The molecular formula is C15H18O4. The van der Waals surface area contributed by atoms with Gasteiger partial charge in [0.15, 0.2) is 5.79 Å². The first-order valence-corrected chi connectivity index (χ1v) is 6.21. The summed E-state index contributed by atoms with van der Waals surface area (Å²) >= 11 is 0. The van der Waals surface area contributed by atoms with Crippen molar-refractivity contribution in [3.05, 3.63) is 42.0 Å². The van der Waals surface area contributed by atoms with Crippen molar-refractivity contribution < 1.29 is 19.0 Å². The second kappa shape index (κ2) is 5.55. The molecule has 2 rings (SSSR count). The summed E-state index contributed by atoms with van der Waals surface area (Å²) in [5.41, 5.74) is 1.48. The fourth-order valence-electron chi connectivity index (χ4n) is 1.85. The summed E-state index contributed by atoms with van der Waals surface area (Å²) < 4.78 is 16.2. The molecule has 1 heterocycles. The minimum atomic E-state index is -0.595. The number of carbonyl (C=O) groups excluding carboxylic acids is 1. The highest BCUT2D eigenvalue weighted by Gasteiger charge is 2.33. The Hall–Kier alpha value is -1.65. The van der Waals surface area contributed by atoms with Crippen LogP contribution in [0.1, 0.15) is 29.8 Å². The van der Waals surface area contributed by atoms with Crippen molar-refractivity contribution in [3.63, 3.8) is 0 Å². The Kier molecular flexibility index (Phi) is 4.02. The summed E-state index contributed by atoms with van der Waals surface area (Å²) in [4.78, 5) is 11.8. The molecule has 0 spiro atoms. The maximum atomic E-state index is 11.8. The molecule has 1 atom stereocenters. The fraction of sp³-hybridized carbons (Fsp3) is 0.400. The Morgan fingerprint density at radius 3 is 2.68 bits per heavy atom. The topological polar surface area (TPSA) is 44.8 Å². The first-order chi connectivity index (χ1) is 9.00. The zero-order valence-electron chi connectivity index (χ0n) is 11.2. The fourth-order valence-corrected chi connectivity index (χ4v) is 1.85. The van der Waals surface area contributed by atoms with Crippen LogP contribution >= 0.6 is 0 Å². The van der Waals surface area contributed by atoms with Crippen LogP contribution in [0.4, 0.5) is 0 Å². The van der Waals surface area contributed by atoms with Crippen LogP contribution in [0.25, 0.3) is 6.08 Å². The molecule has 0 aromatic heterocycles. The Labute approximate surface area is 113 Å². The highest BCUT2D eigenvalue weighted by atomic mass is 16.7. The van der Waals surface area contributed by atoms with E-state index >= 15 is 0 Å². The van der Waals surface area contributed by atoms with Crippen LogP contribution in [0, 0.1) is 0 Å². The largest absolute Gasteiger partial charge is 0.459 e. The molecule has 102 valence electrons. The van der Waals surface area contributed by atoms with Gasteiger partial charge >= 0.3 is 5.97 Å². The first-order valence-electron chi connectivity index (χ1n) is 6.21. The smallest absolute Gasteiger partial charge is 0.338 e. The van der Waals surface area contributed by atoms with E-state index in [1.165, 1.54) is 0 Å². The maximum Gasteiger partial charge on any atom is 0.338 e. The van der Waals surface area contributed by atoms with Gasteiger partial charge in [-0.1, -0.05) is 24.8 Å². The first kappa shape index (κ1) is 13.8. The van der Waals surface area contributed by atoms with Gasteiger partial charge in [-0.3, -0.25) is 0 Å². The van der Waals surface area contributed by atoms with Gasteiger partial charge in [-0.15, -0.1) is 0 Å². The zero-order chi connectivity index (χ0) is 13.9. The number of rotatable bonds is 4. The molecular weight excluding hydrogens is 244 g/mol. The average Bonchev–Trinajstić information content (AvgIpc) is 2.76. The Bertz CT molecular complexity index is 462. The molecule has 1 aromatic carbocycles. The highest BCUT2D eigenvalue weighted by molar-refractivity contribution is 5.89. The second-order valence-electron chi connectivity index (χ2n) is 4.88. The van der Waals surface area contributed by atoms with Crippen LogP contribution < -0.4 is 0 Å². The molecule has 0 amide bonds. The van der Waals surface area contributed by atoms with E-state index in [-0.39, 0.29) is 18.7 Å². The van der Waals surface area contributed by atoms with Crippen molar-refractivity contribution in [2.45, 2.75) is 25.7 Å². The zero-order valence-corrected chi connectivity index (χ0v) is 11.2. The van der Waals surface area contributed by atoms with E-state index in [1.54, 1.807) is 18.2 Å².